The van der Waals surface area contributed by atoms with E-state index in [2.05, 4.69) is 15.5 Å². The molecule has 0 aromatic carbocycles. The summed E-state index contributed by atoms with van der Waals surface area (Å²) in [4.78, 5) is 14.8. The van der Waals surface area contributed by atoms with Gasteiger partial charge < -0.3 is 15.3 Å². The highest BCUT2D eigenvalue weighted by molar-refractivity contribution is 5.76. The van der Waals surface area contributed by atoms with E-state index in [-0.39, 0.29) is 17.4 Å². The third kappa shape index (κ3) is 3.34. The number of aromatic amines is 1. The summed E-state index contributed by atoms with van der Waals surface area (Å²) in [6.45, 7) is 3.22. The summed E-state index contributed by atoms with van der Waals surface area (Å²) in [6, 6.07) is 0. The van der Waals surface area contributed by atoms with Gasteiger partial charge in [0, 0.05) is 43.6 Å². The van der Waals surface area contributed by atoms with Crippen molar-refractivity contribution in [1.82, 2.24) is 20.4 Å². The average molecular weight is 346 g/mol. The van der Waals surface area contributed by atoms with Gasteiger partial charge in [0.15, 0.2) is 0 Å². The first-order valence-corrected chi connectivity index (χ1v) is 9.89. The lowest BCUT2D eigenvalue weighted by Crippen LogP contribution is -2.58. The maximum absolute atomic E-state index is 12.8. The molecule has 0 bridgehead atoms. The molecule has 0 saturated carbocycles. The number of nitrogens with one attached hydrogen (secondary N) is 2. The molecule has 1 aliphatic carbocycles. The number of amides is 1. The van der Waals surface area contributed by atoms with Gasteiger partial charge in [-0.15, -0.1) is 0 Å². The van der Waals surface area contributed by atoms with Crippen molar-refractivity contribution in [3.8, 4) is 0 Å². The van der Waals surface area contributed by atoms with Gasteiger partial charge in [-0.05, 0) is 57.1 Å². The van der Waals surface area contributed by atoms with Gasteiger partial charge in [-0.1, -0.05) is 0 Å². The minimum Gasteiger partial charge on any atom is -0.392 e. The van der Waals surface area contributed by atoms with Gasteiger partial charge in [0.1, 0.15) is 0 Å². The molecule has 25 heavy (non-hydrogen) atoms. The topological polar surface area (TPSA) is 81.2 Å². The minimum absolute atomic E-state index is 0.141. The van der Waals surface area contributed by atoms with E-state index in [1.807, 2.05) is 4.90 Å². The number of carbonyl (C=O) groups is 1. The molecule has 1 aromatic rings. The number of carbonyl (C=O) groups excluding carboxylic acids is 1. The quantitative estimate of drug-likeness (QED) is 0.768. The van der Waals surface area contributed by atoms with E-state index in [9.17, 15) is 9.90 Å². The van der Waals surface area contributed by atoms with Crippen molar-refractivity contribution < 1.29 is 9.90 Å². The van der Waals surface area contributed by atoms with Crippen LogP contribution in [0.3, 0.4) is 0 Å². The number of aromatic nitrogens is 2. The maximum Gasteiger partial charge on any atom is 0.222 e. The summed E-state index contributed by atoms with van der Waals surface area (Å²) in [5, 5.41) is 21.5. The van der Waals surface area contributed by atoms with Gasteiger partial charge in [0.05, 0.1) is 11.8 Å². The van der Waals surface area contributed by atoms with E-state index in [1.54, 1.807) is 0 Å². The number of likely N-dealkylation sites (tertiary alicyclic amines) is 1. The van der Waals surface area contributed by atoms with Crippen LogP contribution >= 0.6 is 0 Å². The summed E-state index contributed by atoms with van der Waals surface area (Å²) < 4.78 is 0. The first-order chi connectivity index (χ1) is 12.2. The zero-order valence-corrected chi connectivity index (χ0v) is 15.0. The molecular formula is C19H30N4O2. The van der Waals surface area contributed by atoms with E-state index in [0.717, 1.165) is 63.9 Å². The monoisotopic (exact) mass is 346 g/mol. The Morgan fingerprint density at radius 2 is 2.20 bits per heavy atom. The van der Waals surface area contributed by atoms with Gasteiger partial charge in [-0.2, -0.15) is 5.10 Å². The molecule has 1 aromatic heterocycles. The molecule has 0 unspecified atom stereocenters. The van der Waals surface area contributed by atoms with Crippen LogP contribution < -0.4 is 5.32 Å². The Labute approximate surface area is 149 Å². The number of fused-ring (bicyclic) bond motifs is 1. The summed E-state index contributed by atoms with van der Waals surface area (Å²) in [5.74, 6) is 0.212. The largest absolute Gasteiger partial charge is 0.392 e. The lowest BCUT2D eigenvalue weighted by atomic mass is 9.72. The fourth-order valence-corrected chi connectivity index (χ4v) is 4.93. The molecule has 1 amide bonds. The molecule has 0 radical (unpaired) electrons. The van der Waals surface area contributed by atoms with Crippen LogP contribution in [-0.2, 0) is 24.1 Å². The summed E-state index contributed by atoms with van der Waals surface area (Å²) in [7, 11) is 0. The molecule has 2 saturated heterocycles. The molecule has 3 aliphatic rings. The van der Waals surface area contributed by atoms with E-state index >= 15 is 0 Å². The minimum atomic E-state index is -0.289. The van der Waals surface area contributed by atoms with Crippen LogP contribution in [0.25, 0.3) is 0 Å². The van der Waals surface area contributed by atoms with Crippen molar-refractivity contribution in [1.29, 1.82) is 0 Å². The van der Waals surface area contributed by atoms with Crippen molar-refractivity contribution in [2.45, 2.75) is 63.9 Å². The van der Waals surface area contributed by atoms with Crippen molar-refractivity contribution in [2.75, 3.05) is 26.2 Å². The van der Waals surface area contributed by atoms with Crippen LogP contribution in [0.1, 0.15) is 55.5 Å². The Balaban J connectivity index is 1.37. The predicted octanol–water partition coefficient (Wildman–Crippen LogP) is 1.18. The molecule has 4 rings (SSSR count). The molecule has 2 atom stereocenters. The standard InChI is InChI=1S/C19H30N4O2/c24-17-8-10-20-12-19(17)9-3-11-23(13-19)18(25)7-6-16-14-4-1-2-5-15(14)21-22-16/h17,20,24H,1-13H2,(H,21,22)/t17-,19-/m0/s1. The normalized spacial score (nSPS) is 29.6. The van der Waals surface area contributed by atoms with Gasteiger partial charge in [0.2, 0.25) is 5.91 Å². The molecule has 2 aliphatic heterocycles. The van der Waals surface area contributed by atoms with E-state index in [4.69, 9.17) is 0 Å². The number of hydrogen-bond donors (Lipinski definition) is 3. The van der Waals surface area contributed by atoms with Crippen LogP contribution in [0.15, 0.2) is 0 Å². The Morgan fingerprint density at radius 3 is 3.08 bits per heavy atom. The molecular weight excluding hydrogens is 316 g/mol. The zero-order chi connectivity index (χ0) is 17.3. The van der Waals surface area contributed by atoms with Crippen molar-refractivity contribution in [3.05, 3.63) is 17.0 Å². The third-order valence-corrected chi connectivity index (χ3v) is 6.46. The van der Waals surface area contributed by atoms with Crippen LogP contribution in [-0.4, -0.2) is 58.4 Å². The lowest BCUT2D eigenvalue weighted by molar-refractivity contribution is -0.138. The number of H-pyrrole nitrogens is 1. The van der Waals surface area contributed by atoms with Gasteiger partial charge in [-0.25, -0.2) is 0 Å². The Bertz CT molecular complexity index is 625. The lowest BCUT2D eigenvalue weighted by Gasteiger charge is -2.48. The van der Waals surface area contributed by atoms with Crippen molar-refractivity contribution in [2.24, 2.45) is 5.41 Å². The fraction of sp³-hybridized carbons (Fsp3) is 0.789. The predicted molar refractivity (Wildman–Crippen MR) is 95.3 cm³/mol. The summed E-state index contributed by atoms with van der Waals surface area (Å²) in [6.07, 6.45) is 8.42. The van der Waals surface area contributed by atoms with Gasteiger partial charge in [0.25, 0.3) is 0 Å². The second-order valence-electron chi connectivity index (χ2n) is 8.10. The Morgan fingerprint density at radius 1 is 1.32 bits per heavy atom. The average Bonchev–Trinajstić information content (AvgIpc) is 3.06. The molecule has 3 heterocycles. The highest BCUT2D eigenvalue weighted by Gasteiger charge is 2.44. The fourth-order valence-electron chi connectivity index (χ4n) is 4.93. The van der Waals surface area contributed by atoms with E-state index in [0.29, 0.717) is 13.0 Å². The van der Waals surface area contributed by atoms with Crippen LogP contribution in [0.5, 0.6) is 0 Å². The van der Waals surface area contributed by atoms with E-state index < -0.39 is 0 Å². The van der Waals surface area contributed by atoms with E-state index in [1.165, 1.54) is 24.1 Å². The zero-order valence-electron chi connectivity index (χ0n) is 15.0. The Kier molecular flexibility index (Phi) is 4.82. The maximum atomic E-state index is 12.8. The first-order valence-electron chi connectivity index (χ1n) is 9.89. The molecule has 6 heteroatoms. The highest BCUT2D eigenvalue weighted by atomic mass is 16.3. The smallest absolute Gasteiger partial charge is 0.222 e. The molecule has 6 nitrogen and oxygen atoms in total. The SMILES string of the molecule is O=C(CCc1n[nH]c2c1CCCC2)N1CCC[C@]2(CNCC[C@@H]2O)C1. The van der Waals surface area contributed by atoms with Crippen LogP contribution in [0.2, 0.25) is 0 Å². The van der Waals surface area contributed by atoms with Crippen LogP contribution in [0.4, 0.5) is 0 Å². The van der Waals surface area contributed by atoms with Gasteiger partial charge in [-0.3, -0.25) is 9.89 Å². The van der Waals surface area contributed by atoms with Crippen molar-refractivity contribution >= 4 is 5.91 Å². The highest BCUT2D eigenvalue weighted by Crippen LogP contribution is 2.36. The number of hydrogen-bond acceptors (Lipinski definition) is 4. The number of aryl methyl sites for hydroxylation is 2. The molecule has 2 fully saturated rings. The number of nitrogens with zero attached hydrogens (tertiary/aromatic N) is 2. The first kappa shape index (κ1) is 17.0. The number of aliphatic hydroxyl groups is 1. The number of rotatable bonds is 3. The second kappa shape index (κ2) is 7.08. The molecule has 1 spiro atoms. The number of piperidine rings is 2. The second-order valence-corrected chi connectivity index (χ2v) is 8.10. The third-order valence-electron chi connectivity index (χ3n) is 6.46. The summed E-state index contributed by atoms with van der Waals surface area (Å²) >= 11 is 0. The number of aliphatic hydroxyl groups excluding tert-OH is 1. The molecule has 138 valence electrons. The molecule has 3 N–H and O–H groups in total. The van der Waals surface area contributed by atoms with Crippen molar-refractivity contribution in [3.63, 3.8) is 0 Å². The van der Waals surface area contributed by atoms with Gasteiger partial charge >= 0.3 is 0 Å². The van der Waals surface area contributed by atoms with Crippen LogP contribution in [0, 0.1) is 5.41 Å². The Hall–Kier alpha value is -1.40. The summed E-state index contributed by atoms with van der Waals surface area (Å²) in [5.41, 5.74) is 3.59.